The molecule has 0 bridgehead atoms. The van der Waals surface area contributed by atoms with Crippen LogP contribution in [0.3, 0.4) is 0 Å². The standard InChI is InChI=1S/C17H11Br2IN2O2/c1-24-16-14(19)7-10(8-15(16)20)6-11(9-21)17(23)22-13-4-2-12(18)3-5-13/h2-8H,1H3,(H,22,23)/b11-6-. The van der Waals surface area contributed by atoms with Crippen molar-refractivity contribution >= 4 is 72.1 Å². The SMILES string of the molecule is COc1c(Br)cc(/C=C(/C#N)C(=O)Nc2ccc(Br)cc2)cc1I. The van der Waals surface area contributed by atoms with E-state index in [1.165, 1.54) is 0 Å². The first-order valence-corrected chi connectivity index (χ1v) is 9.33. The average Bonchev–Trinajstić information content (AvgIpc) is 2.54. The molecule has 0 aromatic heterocycles. The molecule has 0 saturated carbocycles. The maximum absolute atomic E-state index is 12.3. The molecule has 2 rings (SSSR count). The van der Waals surface area contributed by atoms with E-state index < -0.39 is 5.91 Å². The number of carbonyl (C=O) groups is 1. The van der Waals surface area contributed by atoms with Gasteiger partial charge in [0, 0.05) is 10.2 Å². The topological polar surface area (TPSA) is 62.1 Å². The molecule has 0 aliphatic heterocycles. The van der Waals surface area contributed by atoms with Gasteiger partial charge in [-0.1, -0.05) is 15.9 Å². The molecule has 0 aliphatic rings. The molecule has 0 radical (unpaired) electrons. The molecule has 1 N–H and O–H groups in total. The monoisotopic (exact) mass is 560 g/mol. The Hall–Kier alpha value is -1.37. The van der Waals surface area contributed by atoms with Crippen LogP contribution in [0.15, 0.2) is 50.9 Å². The summed E-state index contributed by atoms with van der Waals surface area (Å²) in [7, 11) is 1.59. The normalized spacial score (nSPS) is 10.9. The molecule has 0 atom stereocenters. The highest BCUT2D eigenvalue weighted by Crippen LogP contribution is 2.32. The highest BCUT2D eigenvalue weighted by Gasteiger charge is 2.12. The first-order valence-electron chi connectivity index (χ1n) is 6.66. The van der Waals surface area contributed by atoms with Crippen LogP contribution >= 0.6 is 54.5 Å². The van der Waals surface area contributed by atoms with E-state index >= 15 is 0 Å². The van der Waals surface area contributed by atoms with Gasteiger partial charge in [0.15, 0.2) is 0 Å². The van der Waals surface area contributed by atoms with Gasteiger partial charge in [-0.2, -0.15) is 5.26 Å². The van der Waals surface area contributed by atoms with Crippen LogP contribution < -0.4 is 10.1 Å². The summed E-state index contributed by atoms with van der Waals surface area (Å²) in [5, 5.41) is 12.0. The van der Waals surface area contributed by atoms with Crippen LogP contribution in [0.2, 0.25) is 0 Å². The van der Waals surface area contributed by atoms with Crippen LogP contribution in [-0.2, 0) is 4.79 Å². The van der Waals surface area contributed by atoms with Crippen molar-refractivity contribution in [3.8, 4) is 11.8 Å². The minimum atomic E-state index is -0.457. The van der Waals surface area contributed by atoms with Gasteiger partial charge in [0.1, 0.15) is 17.4 Å². The molecule has 0 spiro atoms. The van der Waals surface area contributed by atoms with E-state index in [2.05, 4.69) is 59.8 Å². The number of rotatable bonds is 4. The lowest BCUT2D eigenvalue weighted by molar-refractivity contribution is -0.112. The molecular weight excluding hydrogens is 551 g/mol. The average molecular weight is 562 g/mol. The lowest BCUT2D eigenvalue weighted by Gasteiger charge is -2.08. The van der Waals surface area contributed by atoms with Crippen molar-refractivity contribution < 1.29 is 9.53 Å². The summed E-state index contributed by atoms with van der Waals surface area (Å²) in [6.45, 7) is 0. The van der Waals surface area contributed by atoms with Crippen LogP contribution in [0, 0.1) is 14.9 Å². The third-order valence-corrected chi connectivity index (χ3v) is 4.92. The smallest absolute Gasteiger partial charge is 0.266 e. The van der Waals surface area contributed by atoms with Crippen molar-refractivity contribution in [2.75, 3.05) is 12.4 Å². The van der Waals surface area contributed by atoms with Crippen molar-refractivity contribution in [1.29, 1.82) is 5.26 Å². The van der Waals surface area contributed by atoms with Gasteiger partial charge in [0.2, 0.25) is 0 Å². The van der Waals surface area contributed by atoms with Gasteiger partial charge in [-0.25, -0.2) is 0 Å². The number of benzene rings is 2. The van der Waals surface area contributed by atoms with Crippen molar-refractivity contribution in [3.63, 3.8) is 0 Å². The third kappa shape index (κ3) is 4.82. The second kappa shape index (κ2) is 8.65. The van der Waals surface area contributed by atoms with E-state index in [0.29, 0.717) is 11.4 Å². The predicted molar refractivity (Wildman–Crippen MR) is 110 cm³/mol. The predicted octanol–water partition coefficient (Wildman–Crippen LogP) is 5.37. The third-order valence-electron chi connectivity index (χ3n) is 3.00. The Labute approximate surface area is 170 Å². The summed E-state index contributed by atoms with van der Waals surface area (Å²) in [4.78, 5) is 12.3. The summed E-state index contributed by atoms with van der Waals surface area (Å²) in [5.74, 6) is 0.257. The number of amides is 1. The van der Waals surface area contributed by atoms with Crippen LogP contribution in [-0.4, -0.2) is 13.0 Å². The van der Waals surface area contributed by atoms with E-state index in [1.807, 2.05) is 24.3 Å². The second-order valence-corrected chi connectivity index (χ2v) is 7.58. The number of carbonyl (C=O) groups excluding carboxylic acids is 1. The molecule has 0 unspecified atom stereocenters. The Bertz CT molecular complexity index is 820. The zero-order chi connectivity index (χ0) is 17.7. The first kappa shape index (κ1) is 19.0. The maximum Gasteiger partial charge on any atom is 0.266 e. The molecule has 0 heterocycles. The quantitative estimate of drug-likeness (QED) is 0.310. The maximum atomic E-state index is 12.3. The summed E-state index contributed by atoms with van der Waals surface area (Å²) in [6.07, 6.45) is 1.54. The van der Waals surface area contributed by atoms with E-state index in [1.54, 1.807) is 31.4 Å². The summed E-state index contributed by atoms with van der Waals surface area (Å²) in [6, 6.07) is 12.7. The zero-order valence-electron chi connectivity index (χ0n) is 12.4. The van der Waals surface area contributed by atoms with E-state index in [9.17, 15) is 10.1 Å². The van der Waals surface area contributed by atoms with Crippen LogP contribution in [0.4, 0.5) is 5.69 Å². The fourth-order valence-corrected chi connectivity index (χ4v) is 4.05. The van der Waals surface area contributed by atoms with Gasteiger partial charge < -0.3 is 10.1 Å². The largest absolute Gasteiger partial charge is 0.494 e. The van der Waals surface area contributed by atoms with E-state index in [4.69, 9.17) is 4.74 Å². The lowest BCUT2D eigenvalue weighted by atomic mass is 10.1. The lowest BCUT2D eigenvalue weighted by Crippen LogP contribution is -2.13. The number of ether oxygens (including phenoxy) is 1. The van der Waals surface area contributed by atoms with Crippen molar-refractivity contribution in [1.82, 2.24) is 0 Å². The molecule has 4 nitrogen and oxygen atoms in total. The molecule has 2 aromatic rings. The fourth-order valence-electron chi connectivity index (χ4n) is 1.90. The summed E-state index contributed by atoms with van der Waals surface area (Å²) < 4.78 is 7.82. The Kier molecular flexibility index (Phi) is 6.83. The first-order chi connectivity index (χ1) is 11.4. The van der Waals surface area contributed by atoms with Crippen molar-refractivity contribution in [2.45, 2.75) is 0 Å². The Morgan fingerprint density at radius 2 is 1.96 bits per heavy atom. The molecule has 24 heavy (non-hydrogen) atoms. The number of halogens is 3. The van der Waals surface area contributed by atoms with Gasteiger partial charge in [-0.05, 0) is 86.6 Å². The minimum absolute atomic E-state index is 0.0192. The minimum Gasteiger partial charge on any atom is -0.494 e. The van der Waals surface area contributed by atoms with Crippen LogP contribution in [0.25, 0.3) is 6.08 Å². The van der Waals surface area contributed by atoms with Crippen molar-refractivity contribution in [3.05, 3.63) is 60.1 Å². The highest BCUT2D eigenvalue weighted by atomic mass is 127. The Balaban J connectivity index is 2.27. The number of methoxy groups -OCH3 is 1. The molecule has 7 heteroatoms. The van der Waals surface area contributed by atoms with Crippen LogP contribution in [0.5, 0.6) is 5.75 Å². The van der Waals surface area contributed by atoms with E-state index in [0.717, 1.165) is 18.1 Å². The second-order valence-electron chi connectivity index (χ2n) is 4.65. The molecule has 122 valence electrons. The fraction of sp³-hybridized carbons (Fsp3) is 0.0588. The number of nitrogens with zero attached hydrogens (tertiary/aromatic N) is 1. The number of anilines is 1. The molecule has 1 amide bonds. The van der Waals surface area contributed by atoms with Crippen molar-refractivity contribution in [2.24, 2.45) is 0 Å². The Morgan fingerprint density at radius 3 is 2.50 bits per heavy atom. The van der Waals surface area contributed by atoms with Gasteiger partial charge in [-0.3, -0.25) is 4.79 Å². The summed E-state index contributed by atoms with van der Waals surface area (Å²) >= 11 is 8.89. The zero-order valence-corrected chi connectivity index (χ0v) is 17.8. The van der Waals surface area contributed by atoms with E-state index in [-0.39, 0.29) is 5.57 Å². The highest BCUT2D eigenvalue weighted by molar-refractivity contribution is 14.1. The number of hydrogen-bond acceptors (Lipinski definition) is 3. The number of nitriles is 1. The molecule has 2 aromatic carbocycles. The van der Waals surface area contributed by atoms with Gasteiger partial charge in [-0.15, -0.1) is 0 Å². The van der Waals surface area contributed by atoms with Crippen LogP contribution in [0.1, 0.15) is 5.56 Å². The van der Waals surface area contributed by atoms with Gasteiger partial charge in [0.05, 0.1) is 15.2 Å². The molecular formula is C17H11Br2IN2O2. The van der Waals surface area contributed by atoms with Gasteiger partial charge in [0.25, 0.3) is 5.91 Å². The Morgan fingerprint density at radius 1 is 1.29 bits per heavy atom. The number of hydrogen-bond donors (Lipinski definition) is 1. The van der Waals surface area contributed by atoms with Gasteiger partial charge >= 0.3 is 0 Å². The molecule has 0 aliphatic carbocycles. The molecule has 0 saturated heterocycles. The number of nitrogens with one attached hydrogen (secondary N) is 1. The molecule has 0 fully saturated rings. The summed E-state index contributed by atoms with van der Waals surface area (Å²) in [5.41, 5.74) is 1.37.